The molecule has 4 heteroatoms. The van der Waals surface area contributed by atoms with E-state index >= 15 is 0 Å². The van der Waals surface area contributed by atoms with E-state index in [4.69, 9.17) is 0 Å². The van der Waals surface area contributed by atoms with Crippen LogP contribution in [0.3, 0.4) is 0 Å². The van der Waals surface area contributed by atoms with Gasteiger partial charge < -0.3 is 15.3 Å². The first kappa shape index (κ1) is 13.1. The summed E-state index contributed by atoms with van der Waals surface area (Å²) in [6, 6.07) is 9.61. The molecular formula is C14H20N2O2. The highest BCUT2D eigenvalue weighted by molar-refractivity contribution is 5.83. The molecule has 0 radical (unpaired) electrons. The van der Waals surface area contributed by atoms with Gasteiger partial charge in [0.25, 0.3) is 0 Å². The first-order valence-corrected chi connectivity index (χ1v) is 6.31. The summed E-state index contributed by atoms with van der Waals surface area (Å²) >= 11 is 0. The van der Waals surface area contributed by atoms with E-state index in [9.17, 15) is 9.90 Å². The maximum Gasteiger partial charge on any atom is 0.229 e. The predicted octanol–water partition coefficient (Wildman–Crippen LogP) is 0.581. The minimum atomic E-state index is -0.470. The van der Waals surface area contributed by atoms with Crippen LogP contribution in [0, 0.1) is 0 Å². The molecule has 2 rings (SSSR count). The van der Waals surface area contributed by atoms with Gasteiger partial charge in [-0.25, -0.2) is 0 Å². The molecule has 98 valence electrons. The molecule has 2 N–H and O–H groups in total. The minimum Gasteiger partial charge on any atom is -0.390 e. The summed E-state index contributed by atoms with van der Waals surface area (Å²) in [6.45, 7) is 3.12. The SMILES string of the molecule is CC(C(=O)N(C)[C@H]1CNC[C@@H]1O)c1ccccc1. The summed E-state index contributed by atoms with van der Waals surface area (Å²) in [5, 5.41) is 12.9. The Morgan fingerprint density at radius 2 is 2.06 bits per heavy atom. The van der Waals surface area contributed by atoms with Gasteiger partial charge >= 0.3 is 0 Å². The van der Waals surface area contributed by atoms with Crippen LogP contribution in [0.15, 0.2) is 30.3 Å². The van der Waals surface area contributed by atoms with Crippen molar-refractivity contribution >= 4 is 5.91 Å². The van der Waals surface area contributed by atoms with E-state index in [-0.39, 0.29) is 17.9 Å². The average Bonchev–Trinajstić information content (AvgIpc) is 2.83. The molecule has 1 aliphatic rings. The average molecular weight is 248 g/mol. The predicted molar refractivity (Wildman–Crippen MR) is 70.3 cm³/mol. The topological polar surface area (TPSA) is 52.6 Å². The number of carbonyl (C=O) groups is 1. The number of carbonyl (C=O) groups excluding carboxylic acids is 1. The van der Waals surface area contributed by atoms with Crippen LogP contribution < -0.4 is 5.32 Å². The lowest BCUT2D eigenvalue weighted by atomic mass is 9.99. The standard InChI is InChI=1S/C14H20N2O2/c1-10(11-6-4-3-5-7-11)14(18)16(2)12-8-15-9-13(12)17/h3-7,10,12-13,15,17H,8-9H2,1-2H3/t10?,12-,13-/m0/s1. The fourth-order valence-electron chi connectivity index (χ4n) is 2.40. The van der Waals surface area contributed by atoms with Crippen LogP contribution in [0.5, 0.6) is 0 Å². The molecule has 0 bridgehead atoms. The second kappa shape index (κ2) is 5.50. The van der Waals surface area contributed by atoms with E-state index < -0.39 is 6.10 Å². The van der Waals surface area contributed by atoms with Crippen molar-refractivity contribution in [1.29, 1.82) is 0 Å². The number of aliphatic hydroxyl groups is 1. The van der Waals surface area contributed by atoms with Crippen molar-refractivity contribution in [1.82, 2.24) is 10.2 Å². The summed E-state index contributed by atoms with van der Waals surface area (Å²) in [5.41, 5.74) is 1.01. The highest BCUT2D eigenvalue weighted by Crippen LogP contribution is 2.19. The molecule has 1 aliphatic heterocycles. The van der Waals surface area contributed by atoms with Crippen LogP contribution in [-0.4, -0.2) is 48.2 Å². The van der Waals surface area contributed by atoms with E-state index in [1.165, 1.54) is 0 Å². The number of β-amino-alcohol motifs (C(OH)–C–C–N with tert-alkyl or cyclic N) is 1. The van der Waals surface area contributed by atoms with Gasteiger partial charge in [0.2, 0.25) is 5.91 Å². The van der Waals surface area contributed by atoms with E-state index in [2.05, 4.69) is 5.32 Å². The third kappa shape index (κ3) is 2.54. The summed E-state index contributed by atoms with van der Waals surface area (Å²) in [7, 11) is 1.77. The Labute approximate surface area is 108 Å². The number of hydrogen-bond acceptors (Lipinski definition) is 3. The van der Waals surface area contributed by atoms with Crippen molar-refractivity contribution in [2.45, 2.75) is 25.0 Å². The number of benzene rings is 1. The summed E-state index contributed by atoms with van der Waals surface area (Å²) < 4.78 is 0. The van der Waals surface area contributed by atoms with E-state index in [0.717, 1.165) is 5.56 Å². The number of hydrogen-bond donors (Lipinski definition) is 2. The Morgan fingerprint density at radius 3 is 2.61 bits per heavy atom. The normalized spacial score (nSPS) is 24.8. The second-order valence-corrected chi connectivity index (χ2v) is 4.87. The number of likely N-dealkylation sites (N-methyl/N-ethyl adjacent to an activating group) is 1. The van der Waals surface area contributed by atoms with Crippen molar-refractivity contribution in [3.05, 3.63) is 35.9 Å². The van der Waals surface area contributed by atoms with Gasteiger partial charge in [-0.05, 0) is 12.5 Å². The lowest BCUT2D eigenvalue weighted by Crippen LogP contribution is -2.45. The van der Waals surface area contributed by atoms with Crippen LogP contribution >= 0.6 is 0 Å². The van der Waals surface area contributed by atoms with Crippen LogP contribution in [-0.2, 0) is 4.79 Å². The quantitative estimate of drug-likeness (QED) is 0.823. The van der Waals surface area contributed by atoms with Crippen molar-refractivity contribution in [2.24, 2.45) is 0 Å². The number of aliphatic hydroxyl groups excluding tert-OH is 1. The summed E-state index contributed by atoms with van der Waals surface area (Å²) in [6.07, 6.45) is -0.470. The Kier molecular flexibility index (Phi) is 3.99. The molecule has 1 amide bonds. The first-order chi connectivity index (χ1) is 8.61. The van der Waals surface area contributed by atoms with Gasteiger partial charge in [-0.2, -0.15) is 0 Å². The van der Waals surface area contributed by atoms with E-state index in [1.54, 1.807) is 11.9 Å². The first-order valence-electron chi connectivity index (χ1n) is 6.31. The number of nitrogens with zero attached hydrogens (tertiary/aromatic N) is 1. The molecule has 0 saturated carbocycles. The van der Waals surface area contributed by atoms with Gasteiger partial charge in [0.15, 0.2) is 0 Å². The lowest BCUT2D eigenvalue weighted by Gasteiger charge is -2.29. The second-order valence-electron chi connectivity index (χ2n) is 4.87. The van der Waals surface area contributed by atoms with E-state index in [0.29, 0.717) is 13.1 Å². The molecule has 1 saturated heterocycles. The van der Waals surface area contributed by atoms with Crippen molar-refractivity contribution in [2.75, 3.05) is 20.1 Å². The Bertz CT molecular complexity index is 408. The van der Waals surface area contributed by atoms with Crippen molar-refractivity contribution in [3.8, 4) is 0 Å². The number of rotatable bonds is 3. The van der Waals surface area contributed by atoms with Gasteiger partial charge in [0, 0.05) is 20.1 Å². The van der Waals surface area contributed by atoms with Gasteiger partial charge in [0.1, 0.15) is 0 Å². The van der Waals surface area contributed by atoms with Crippen LogP contribution in [0.4, 0.5) is 0 Å². The molecule has 18 heavy (non-hydrogen) atoms. The minimum absolute atomic E-state index is 0.0500. The third-order valence-electron chi connectivity index (χ3n) is 3.67. The zero-order valence-electron chi connectivity index (χ0n) is 10.8. The zero-order valence-corrected chi connectivity index (χ0v) is 10.8. The Hall–Kier alpha value is -1.39. The Balaban J connectivity index is 2.07. The maximum absolute atomic E-state index is 12.4. The van der Waals surface area contributed by atoms with Gasteiger partial charge in [-0.1, -0.05) is 30.3 Å². The molecule has 0 spiro atoms. The van der Waals surface area contributed by atoms with Crippen LogP contribution in [0.1, 0.15) is 18.4 Å². The zero-order chi connectivity index (χ0) is 13.1. The van der Waals surface area contributed by atoms with Crippen molar-refractivity contribution < 1.29 is 9.90 Å². The molecule has 0 aliphatic carbocycles. The molecule has 0 aromatic heterocycles. The molecular weight excluding hydrogens is 228 g/mol. The smallest absolute Gasteiger partial charge is 0.229 e. The largest absolute Gasteiger partial charge is 0.390 e. The fraction of sp³-hybridized carbons (Fsp3) is 0.500. The van der Waals surface area contributed by atoms with Gasteiger partial charge in [-0.15, -0.1) is 0 Å². The summed E-state index contributed by atoms with van der Waals surface area (Å²) in [5.74, 6) is -0.127. The Morgan fingerprint density at radius 1 is 1.39 bits per heavy atom. The fourth-order valence-corrected chi connectivity index (χ4v) is 2.40. The molecule has 1 aromatic carbocycles. The third-order valence-corrected chi connectivity index (χ3v) is 3.67. The molecule has 1 fully saturated rings. The van der Waals surface area contributed by atoms with E-state index in [1.807, 2.05) is 37.3 Å². The summed E-state index contributed by atoms with van der Waals surface area (Å²) in [4.78, 5) is 14.0. The van der Waals surface area contributed by atoms with Crippen LogP contribution in [0.25, 0.3) is 0 Å². The number of nitrogens with one attached hydrogen (secondary N) is 1. The van der Waals surface area contributed by atoms with Crippen LogP contribution in [0.2, 0.25) is 0 Å². The molecule has 1 unspecified atom stereocenters. The molecule has 4 nitrogen and oxygen atoms in total. The molecule has 3 atom stereocenters. The molecule has 1 aromatic rings. The highest BCUT2D eigenvalue weighted by atomic mass is 16.3. The monoisotopic (exact) mass is 248 g/mol. The van der Waals surface area contributed by atoms with Gasteiger partial charge in [0.05, 0.1) is 18.1 Å². The molecule has 1 heterocycles. The highest BCUT2D eigenvalue weighted by Gasteiger charge is 2.33. The maximum atomic E-state index is 12.4. The van der Waals surface area contributed by atoms with Gasteiger partial charge in [-0.3, -0.25) is 4.79 Å². The van der Waals surface area contributed by atoms with Crippen molar-refractivity contribution in [3.63, 3.8) is 0 Å². The number of amides is 1. The lowest BCUT2D eigenvalue weighted by molar-refractivity contribution is -0.134.